The molecule has 0 radical (unpaired) electrons. The monoisotopic (exact) mass is 491 g/mol. The maximum atomic E-state index is 12.4. The first kappa shape index (κ1) is 19.6. The first-order valence-electron chi connectivity index (χ1n) is 8.29. The van der Waals surface area contributed by atoms with E-state index in [1.54, 1.807) is 72.7 Å². The van der Waals surface area contributed by atoms with E-state index in [1.807, 2.05) is 0 Å². The standard InChI is InChI=1S/C18H14BrN5O3S2/c1-12-21-16(24-9-8-20-11-24)10-17(22-12)27-14-4-2-13(3-5-14)23-29(25,26)18-7-6-15(19)28-18/h2-11,23H,1H3. The fraction of sp³-hybridized carbons (Fsp3) is 0.0556. The van der Waals surface area contributed by atoms with E-state index in [2.05, 4.69) is 35.6 Å². The van der Waals surface area contributed by atoms with Crippen LogP contribution in [0.1, 0.15) is 5.82 Å². The van der Waals surface area contributed by atoms with Gasteiger partial charge in [0.15, 0.2) is 0 Å². The topological polar surface area (TPSA) is 99.0 Å². The van der Waals surface area contributed by atoms with Gasteiger partial charge in [-0.1, -0.05) is 0 Å². The predicted molar refractivity (Wildman–Crippen MR) is 113 cm³/mol. The normalized spacial score (nSPS) is 11.4. The molecule has 29 heavy (non-hydrogen) atoms. The lowest BCUT2D eigenvalue weighted by Crippen LogP contribution is -2.11. The molecule has 0 saturated heterocycles. The van der Waals surface area contributed by atoms with E-state index in [0.717, 1.165) is 15.1 Å². The quantitative estimate of drug-likeness (QED) is 0.429. The van der Waals surface area contributed by atoms with E-state index in [0.29, 0.717) is 29.0 Å². The van der Waals surface area contributed by atoms with Crippen LogP contribution in [0.2, 0.25) is 0 Å². The number of anilines is 1. The van der Waals surface area contributed by atoms with Crippen LogP contribution < -0.4 is 9.46 Å². The van der Waals surface area contributed by atoms with Crippen LogP contribution in [0.25, 0.3) is 5.82 Å². The van der Waals surface area contributed by atoms with Crippen molar-refractivity contribution in [3.05, 3.63) is 70.8 Å². The summed E-state index contributed by atoms with van der Waals surface area (Å²) >= 11 is 4.41. The summed E-state index contributed by atoms with van der Waals surface area (Å²) in [5.74, 6) is 2.08. The molecule has 0 bridgehead atoms. The number of hydrogen-bond donors (Lipinski definition) is 1. The van der Waals surface area contributed by atoms with Crippen molar-refractivity contribution < 1.29 is 13.2 Å². The van der Waals surface area contributed by atoms with Gasteiger partial charge in [-0.15, -0.1) is 11.3 Å². The van der Waals surface area contributed by atoms with Gasteiger partial charge in [0.05, 0.1) is 3.79 Å². The second-order valence-corrected chi connectivity index (χ2v) is 10.2. The van der Waals surface area contributed by atoms with Crippen LogP contribution in [0, 0.1) is 6.92 Å². The molecule has 0 aliphatic carbocycles. The second kappa shape index (κ2) is 7.93. The summed E-state index contributed by atoms with van der Waals surface area (Å²) in [6, 6.07) is 11.5. The smallest absolute Gasteiger partial charge is 0.271 e. The van der Waals surface area contributed by atoms with Crippen LogP contribution in [0.5, 0.6) is 11.6 Å². The van der Waals surface area contributed by atoms with Gasteiger partial charge in [0, 0.05) is 24.1 Å². The minimum atomic E-state index is -3.63. The molecule has 3 heterocycles. The SMILES string of the molecule is Cc1nc(Oc2ccc(NS(=O)(=O)c3ccc(Br)s3)cc2)cc(-n2ccnc2)n1. The van der Waals surface area contributed by atoms with Crippen LogP contribution in [0.15, 0.2) is 69.2 Å². The number of nitrogens with zero attached hydrogens (tertiary/aromatic N) is 4. The van der Waals surface area contributed by atoms with Crippen molar-refractivity contribution >= 4 is 43.0 Å². The van der Waals surface area contributed by atoms with E-state index in [4.69, 9.17) is 4.74 Å². The minimum absolute atomic E-state index is 0.230. The number of hydrogen-bond acceptors (Lipinski definition) is 7. The molecular weight excluding hydrogens is 478 g/mol. The molecule has 8 nitrogen and oxygen atoms in total. The van der Waals surface area contributed by atoms with Crippen molar-refractivity contribution in [2.75, 3.05) is 4.72 Å². The van der Waals surface area contributed by atoms with Gasteiger partial charge in [-0.2, -0.15) is 4.98 Å². The summed E-state index contributed by atoms with van der Waals surface area (Å²) in [6.07, 6.45) is 5.07. The number of nitrogens with one attached hydrogen (secondary N) is 1. The number of imidazole rings is 1. The van der Waals surface area contributed by atoms with Gasteiger partial charge in [-0.3, -0.25) is 9.29 Å². The third-order valence-corrected chi connectivity index (χ3v) is 7.21. The largest absolute Gasteiger partial charge is 0.439 e. The van der Waals surface area contributed by atoms with E-state index in [9.17, 15) is 8.42 Å². The lowest BCUT2D eigenvalue weighted by Gasteiger charge is -2.10. The van der Waals surface area contributed by atoms with Gasteiger partial charge >= 0.3 is 0 Å². The Hall–Kier alpha value is -2.76. The molecule has 3 aromatic heterocycles. The lowest BCUT2D eigenvalue weighted by molar-refractivity contribution is 0.459. The predicted octanol–water partition coefficient (Wildman–Crippen LogP) is 4.39. The Kier molecular flexibility index (Phi) is 5.35. The van der Waals surface area contributed by atoms with Gasteiger partial charge in [0.25, 0.3) is 10.0 Å². The van der Waals surface area contributed by atoms with Crippen molar-refractivity contribution in [1.29, 1.82) is 0 Å². The third kappa shape index (κ3) is 4.63. The zero-order valence-corrected chi connectivity index (χ0v) is 18.2. The van der Waals surface area contributed by atoms with E-state index < -0.39 is 10.0 Å². The summed E-state index contributed by atoms with van der Waals surface area (Å²) < 4.78 is 35.9. The van der Waals surface area contributed by atoms with Gasteiger partial charge in [0.1, 0.15) is 27.9 Å². The lowest BCUT2D eigenvalue weighted by atomic mass is 10.3. The highest BCUT2D eigenvalue weighted by atomic mass is 79.9. The third-order valence-electron chi connectivity index (χ3n) is 3.71. The summed E-state index contributed by atoms with van der Waals surface area (Å²) in [5.41, 5.74) is 0.430. The van der Waals surface area contributed by atoms with Gasteiger partial charge in [0.2, 0.25) is 5.88 Å². The number of thiophene rings is 1. The fourth-order valence-corrected chi connectivity index (χ4v) is 5.53. The van der Waals surface area contributed by atoms with Crippen molar-refractivity contribution in [2.24, 2.45) is 0 Å². The van der Waals surface area contributed by atoms with Gasteiger partial charge in [-0.05, 0) is 59.3 Å². The molecule has 4 rings (SSSR count). The Morgan fingerprint density at radius 3 is 2.59 bits per heavy atom. The highest BCUT2D eigenvalue weighted by Crippen LogP contribution is 2.28. The van der Waals surface area contributed by atoms with Crippen molar-refractivity contribution in [3.8, 4) is 17.4 Å². The average Bonchev–Trinajstić information content (AvgIpc) is 3.35. The first-order valence-corrected chi connectivity index (χ1v) is 11.4. The van der Waals surface area contributed by atoms with Crippen LogP contribution >= 0.6 is 27.3 Å². The van der Waals surface area contributed by atoms with Crippen molar-refractivity contribution in [1.82, 2.24) is 19.5 Å². The van der Waals surface area contributed by atoms with Gasteiger partial charge < -0.3 is 4.74 Å². The number of sulfonamides is 1. The molecule has 0 fully saturated rings. The van der Waals surface area contributed by atoms with Crippen LogP contribution in [-0.4, -0.2) is 27.9 Å². The molecule has 4 aromatic rings. The summed E-state index contributed by atoms with van der Waals surface area (Å²) in [7, 11) is -3.63. The molecule has 148 valence electrons. The maximum absolute atomic E-state index is 12.4. The number of ether oxygens (including phenoxy) is 1. The molecule has 0 aliphatic heterocycles. The summed E-state index contributed by atoms with van der Waals surface area (Å²) in [5, 5.41) is 0. The highest BCUT2D eigenvalue weighted by Gasteiger charge is 2.16. The number of rotatable bonds is 6. The molecule has 0 aliphatic rings. The summed E-state index contributed by atoms with van der Waals surface area (Å²) in [6.45, 7) is 1.77. The Labute approximate surface area is 179 Å². The molecule has 0 unspecified atom stereocenters. The molecule has 0 saturated carbocycles. The summed E-state index contributed by atoms with van der Waals surface area (Å²) in [4.78, 5) is 12.6. The number of benzene rings is 1. The van der Waals surface area contributed by atoms with Crippen molar-refractivity contribution in [2.45, 2.75) is 11.1 Å². The Morgan fingerprint density at radius 2 is 1.93 bits per heavy atom. The van der Waals surface area contributed by atoms with Crippen LogP contribution in [-0.2, 0) is 10.0 Å². The number of halogens is 1. The average molecular weight is 492 g/mol. The number of aryl methyl sites for hydroxylation is 1. The zero-order chi connectivity index (χ0) is 20.4. The molecule has 0 spiro atoms. The molecule has 0 amide bonds. The van der Waals surface area contributed by atoms with E-state index in [1.165, 1.54) is 0 Å². The zero-order valence-electron chi connectivity index (χ0n) is 15.0. The second-order valence-electron chi connectivity index (χ2n) is 5.87. The van der Waals surface area contributed by atoms with E-state index in [-0.39, 0.29) is 4.21 Å². The van der Waals surface area contributed by atoms with E-state index >= 15 is 0 Å². The molecule has 1 aromatic carbocycles. The Morgan fingerprint density at radius 1 is 1.14 bits per heavy atom. The Bertz CT molecular complexity index is 1240. The molecule has 11 heteroatoms. The minimum Gasteiger partial charge on any atom is -0.439 e. The maximum Gasteiger partial charge on any atom is 0.271 e. The van der Waals surface area contributed by atoms with Crippen molar-refractivity contribution in [3.63, 3.8) is 0 Å². The first-order chi connectivity index (χ1) is 13.9. The fourth-order valence-electron chi connectivity index (χ4n) is 2.46. The number of aromatic nitrogens is 4. The Balaban J connectivity index is 1.50. The van der Waals surface area contributed by atoms with Gasteiger partial charge in [-0.25, -0.2) is 18.4 Å². The van der Waals surface area contributed by atoms with Crippen LogP contribution in [0.4, 0.5) is 5.69 Å². The molecular formula is C18H14BrN5O3S2. The highest BCUT2D eigenvalue weighted by molar-refractivity contribution is 9.11. The molecule has 1 N–H and O–H groups in total. The van der Waals surface area contributed by atoms with Crippen LogP contribution in [0.3, 0.4) is 0 Å². The molecule has 0 atom stereocenters.